The second-order valence-corrected chi connectivity index (χ2v) is 11.9. The van der Waals surface area contributed by atoms with Crippen LogP contribution in [0.15, 0.2) is 133 Å². The maximum absolute atomic E-state index is 14.2. The van der Waals surface area contributed by atoms with E-state index in [1.165, 1.54) is 34.9 Å². The molecule has 6 aromatic carbocycles. The van der Waals surface area contributed by atoms with Gasteiger partial charge in [-0.25, -0.2) is 0 Å². The minimum atomic E-state index is -4.74. The van der Waals surface area contributed by atoms with Crippen molar-refractivity contribution in [2.45, 2.75) is 12.4 Å². The number of halogens is 6. The van der Waals surface area contributed by atoms with Crippen molar-refractivity contribution in [3.05, 3.63) is 156 Å². The first-order valence-corrected chi connectivity index (χ1v) is 15.4. The Labute approximate surface area is 280 Å². The molecule has 0 spiro atoms. The van der Waals surface area contributed by atoms with Gasteiger partial charge in [0.1, 0.15) is 5.56 Å². The van der Waals surface area contributed by atoms with Gasteiger partial charge < -0.3 is 4.57 Å². The molecule has 1 aromatic heterocycles. The van der Waals surface area contributed by atoms with Crippen molar-refractivity contribution in [1.82, 2.24) is 4.57 Å². The molecule has 10 heteroatoms. The highest BCUT2D eigenvalue weighted by Gasteiger charge is 2.45. The first-order chi connectivity index (χ1) is 23.9. The zero-order chi connectivity index (χ0) is 34.9. The van der Waals surface area contributed by atoms with Gasteiger partial charge in [-0.1, -0.05) is 84.9 Å². The van der Waals surface area contributed by atoms with E-state index in [1.807, 2.05) is 72.8 Å². The third kappa shape index (κ3) is 4.94. The van der Waals surface area contributed by atoms with Gasteiger partial charge in [-0.15, -0.1) is 0 Å². The highest BCUT2D eigenvalue weighted by Crippen LogP contribution is 2.43. The molecule has 8 rings (SSSR count). The fourth-order valence-electron chi connectivity index (χ4n) is 6.71. The van der Waals surface area contributed by atoms with Crippen LogP contribution in [0.3, 0.4) is 0 Å². The summed E-state index contributed by atoms with van der Waals surface area (Å²) in [7, 11) is 0. The van der Waals surface area contributed by atoms with Crippen LogP contribution in [0.1, 0.15) is 27.0 Å². The molecule has 0 saturated carbocycles. The SMILES string of the molecule is O=C1c2cccc(-n3c4cc(C(F)(F)F)ccc4c4ccc(C(F)(F)F)cc43)c2C(=[OH+])N1c1ccc(-c2ccccc2)cc1-c1ccccc1. The topological polar surface area (TPSA) is 46.6 Å². The molecule has 2 heterocycles. The molecule has 1 N–H and O–H groups in total. The molecule has 0 fully saturated rings. The summed E-state index contributed by atoms with van der Waals surface area (Å²) in [5, 5.41) is 0.533. The Balaban J connectivity index is 1.36. The van der Waals surface area contributed by atoms with Crippen molar-refractivity contribution < 1.29 is 35.9 Å². The standard InChI is InChI=1S/C40H22F6N2O2/c41-39(42,43)26-15-17-28-29-18-16-27(40(44,45)46)22-35(29)47(34(28)21-26)33-13-7-12-30-36(33)38(50)48(37(30)49)32-19-14-25(23-8-3-1-4-9-23)20-31(32)24-10-5-2-6-11-24/h1-22H/p+1. The molecule has 4 nitrogen and oxygen atoms in total. The molecule has 2 amide bonds. The predicted molar refractivity (Wildman–Crippen MR) is 181 cm³/mol. The Morgan fingerprint density at radius 3 is 1.62 bits per heavy atom. The summed E-state index contributed by atoms with van der Waals surface area (Å²) < 4.78 is 85.0. The van der Waals surface area contributed by atoms with E-state index < -0.39 is 35.3 Å². The Hall–Kier alpha value is -6.16. The number of fused-ring (bicyclic) bond motifs is 4. The molecular formula is C40H23F6N2O2+. The second-order valence-electron chi connectivity index (χ2n) is 11.9. The third-order valence-electron chi connectivity index (χ3n) is 9.00. The molecule has 0 radical (unpaired) electrons. The van der Waals surface area contributed by atoms with Crippen LogP contribution in [0.2, 0.25) is 0 Å². The Bertz CT molecular complexity index is 2430. The van der Waals surface area contributed by atoms with E-state index in [-0.39, 0.29) is 38.6 Å². The molecule has 1 aliphatic rings. The zero-order valence-electron chi connectivity index (χ0n) is 25.7. The van der Waals surface area contributed by atoms with Crippen LogP contribution >= 0.6 is 0 Å². The van der Waals surface area contributed by atoms with Crippen LogP contribution in [0.5, 0.6) is 0 Å². The molecule has 0 unspecified atom stereocenters. The van der Waals surface area contributed by atoms with Crippen LogP contribution in [0, 0.1) is 0 Å². The van der Waals surface area contributed by atoms with Gasteiger partial charge in [-0.2, -0.15) is 31.2 Å². The van der Waals surface area contributed by atoms with Crippen LogP contribution in [0.25, 0.3) is 49.7 Å². The number of aromatic nitrogens is 1. The molecular weight excluding hydrogens is 654 g/mol. The van der Waals surface area contributed by atoms with Gasteiger partial charge in [-0.3, -0.25) is 9.59 Å². The average molecular weight is 678 g/mol. The van der Waals surface area contributed by atoms with Crippen LogP contribution in [0.4, 0.5) is 32.0 Å². The summed E-state index contributed by atoms with van der Waals surface area (Å²) in [6.45, 7) is 0. The maximum atomic E-state index is 14.2. The van der Waals surface area contributed by atoms with Crippen molar-refractivity contribution in [2.24, 2.45) is 0 Å². The van der Waals surface area contributed by atoms with Crippen LogP contribution in [-0.4, -0.2) is 21.2 Å². The van der Waals surface area contributed by atoms with E-state index in [9.17, 15) is 35.9 Å². The fraction of sp³-hybridized carbons (Fsp3) is 0.0500. The number of hydrogen-bond acceptors (Lipinski definition) is 1. The lowest BCUT2D eigenvalue weighted by Crippen LogP contribution is -2.31. The van der Waals surface area contributed by atoms with Crippen LogP contribution in [-0.2, 0) is 12.4 Å². The van der Waals surface area contributed by atoms with Gasteiger partial charge in [0.15, 0.2) is 0 Å². The van der Waals surface area contributed by atoms with Gasteiger partial charge in [-0.05, 0) is 65.2 Å². The summed E-state index contributed by atoms with van der Waals surface area (Å²) in [6, 6.07) is 34.5. The van der Waals surface area contributed by atoms with Crippen LogP contribution < -0.4 is 4.90 Å². The van der Waals surface area contributed by atoms with Gasteiger partial charge in [0.25, 0.3) is 5.91 Å². The van der Waals surface area contributed by atoms with Gasteiger partial charge in [0.05, 0.1) is 39.1 Å². The average Bonchev–Trinajstić information content (AvgIpc) is 3.57. The molecule has 0 atom stereocenters. The normalized spacial score (nSPS) is 13.4. The van der Waals surface area contributed by atoms with E-state index in [2.05, 4.69) is 0 Å². The van der Waals surface area contributed by atoms with E-state index in [0.29, 0.717) is 11.3 Å². The zero-order valence-corrected chi connectivity index (χ0v) is 25.7. The van der Waals surface area contributed by atoms with Crippen molar-refractivity contribution >= 4 is 39.3 Å². The number of rotatable bonds is 4. The molecule has 0 bridgehead atoms. The number of alkyl halides is 6. The third-order valence-corrected chi connectivity index (χ3v) is 9.00. The lowest BCUT2D eigenvalue weighted by atomic mass is 9.97. The molecule has 0 aliphatic carbocycles. The Morgan fingerprint density at radius 2 is 1.06 bits per heavy atom. The lowest BCUT2D eigenvalue weighted by molar-refractivity contribution is -0.138. The summed E-state index contributed by atoms with van der Waals surface area (Å²) in [6.07, 6.45) is -9.49. The van der Waals surface area contributed by atoms with Gasteiger partial charge in [0.2, 0.25) is 0 Å². The molecule has 0 saturated heterocycles. The molecule has 50 heavy (non-hydrogen) atoms. The fourth-order valence-corrected chi connectivity index (χ4v) is 6.71. The molecule has 7 aromatic rings. The van der Waals surface area contributed by atoms with E-state index in [1.54, 1.807) is 6.07 Å². The minimum absolute atomic E-state index is 0.0279. The van der Waals surface area contributed by atoms with Crippen molar-refractivity contribution in [1.29, 1.82) is 0 Å². The number of anilines is 1. The smallest absolute Gasteiger partial charge is 0.308 e. The monoisotopic (exact) mass is 677 g/mol. The highest BCUT2D eigenvalue weighted by atomic mass is 19.4. The number of imide groups is 1. The highest BCUT2D eigenvalue weighted by molar-refractivity contribution is 6.37. The van der Waals surface area contributed by atoms with Crippen molar-refractivity contribution in [3.63, 3.8) is 0 Å². The van der Waals surface area contributed by atoms with Gasteiger partial charge >= 0.3 is 18.3 Å². The summed E-state index contributed by atoms with van der Waals surface area (Å²) in [5.74, 6) is -1.13. The first-order valence-electron chi connectivity index (χ1n) is 15.4. The summed E-state index contributed by atoms with van der Waals surface area (Å²) >= 11 is 0. The number of nitrogens with zero attached hydrogens (tertiary/aromatic N) is 2. The van der Waals surface area contributed by atoms with Crippen molar-refractivity contribution in [2.75, 3.05) is 4.90 Å². The van der Waals surface area contributed by atoms with Gasteiger partial charge in [0, 0.05) is 16.3 Å². The van der Waals surface area contributed by atoms with Crippen molar-refractivity contribution in [3.8, 4) is 27.9 Å². The number of hydrogen-bond donors (Lipinski definition) is 0. The summed E-state index contributed by atoms with van der Waals surface area (Å²) in [4.78, 5) is 27.3. The van der Waals surface area contributed by atoms with E-state index >= 15 is 0 Å². The quantitative estimate of drug-likeness (QED) is 0.104. The maximum Gasteiger partial charge on any atom is 0.439 e. The Kier molecular flexibility index (Phi) is 6.97. The number of carbonyl (C=O) groups excluding carboxylic acids is 2. The predicted octanol–water partition coefficient (Wildman–Crippen LogP) is 10.7. The number of carbonyl (C=O) groups is 1. The summed E-state index contributed by atoms with van der Waals surface area (Å²) in [5.41, 5.74) is 1.41. The number of amides is 2. The second kappa shape index (κ2) is 11.2. The van der Waals surface area contributed by atoms with E-state index in [0.717, 1.165) is 45.9 Å². The molecule has 1 aliphatic heterocycles. The first kappa shape index (κ1) is 31.1. The lowest BCUT2D eigenvalue weighted by Gasteiger charge is -2.18. The number of benzene rings is 6. The minimum Gasteiger partial charge on any atom is -0.308 e. The molecule has 246 valence electrons. The Morgan fingerprint density at radius 1 is 0.500 bits per heavy atom. The van der Waals surface area contributed by atoms with E-state index in [4.69, 9.17) is 0 Å². The largest absolute Gasteiger partial charge is 0.439 e.